The molecule has 0 amide bonds. The number of hydrogen-bond donors (Lipinski definition) is 1. The van der Waals surface area contributed by atoms with Crippen LogP contribution < -0.4 is 5.32 Å². The van der Waals surface area contributed by atoms with Crippen LogP contribution >= 0.6 is 11.3 Å². The molecule has 4 nitrogen and oxygen atoms in total. The van der Waals surface area contributed by atoms with Crippen molar-refractivity contribution in [3.63, 3.8) is 0 Å². The molecule has 0 unspecified atom stereocenters. The summed E-state index contributed by atoms with van der Waals surface area (Å²) in [6, 6.07) is 0. The summed E-state index contributed by atoms with van der Waals surface area (Å²) >= 11 is 1.74. The first-order valence-electron chi connectivity index (χ1n) is 7.61. The van der Waals surface area contributed by atoms with Crippen molar-refractivity contribution in [1.82, 2.24) is 15.2 Å². The minimum absolute atomic E-state index is 0.125. The van der Waals surface area contributed by atoms with Gasteiger partial charge in [-0.25, -0.2) is 4.98 Å². The highest BCUT2D eigenvalue weighted by atomic mass is 32.1. The molecule has 0 radical (unpaired) electrons. The number of rotatable bonds is 3. The molecule has 1 aromatic heterocycles. The molecule has 1 aliphatic heterocycles. The Bertz CT molecular complexity index is 528. The van der Waals surface area contributed by atoms with E-state index in [1.165, 1.54) is 5.01 Å². The average molecular weight is 308 g/mol. The van der Waals surface area contributed by atoms with Crippen molar-refractivity contribution in [2.75, 3.05) is 13.6 Å². The smallest absolute Gasteiger partial charge is 0.194 e. The van der Waals surface area contributed by atoms with Crippen LogP contribution in [0.4, 0.5) is 0 Å². The quantitative estimate of drug-likeness (QED) is 0.686. The molecule has 5 heteroatoms. The first kappa shape index (κ1) is 16.3. The monoisotopic (exact) mass is 308 g/mol. The summed E-state index contributed by atoms with van der Waals surface area (Å²) in [5.41, 5.74) is 1.54. The molecule has 0 bridgehead atoms. The highest BCUT2D eigenvalue weighted by Gasteiger charge is 2.53. The third-order valence-corrected chi connectivity index (χ3v) is 6.04. The molecule has 0 spiro atoms. The number of likely N-dealkylation sites (tertiary alicyclic amines) is 1. The zero-order valence-corrected chi connectivity index (χ0v) is 15.1. The Morgan fingerprint density at radius 1 is 1.43 bits per heavy atom. The van der Waals surface area contributed by atoms with Crippen LogP contribution in [0.5, 0.6) is 0 Å². The lowest BCUT2D eigenvalue weighted by molar-refractivity contribution is -0.0668. The first-order valence-corrected chi connectivity index (χ1v) is 8.49. The lowest BCUT2D eigenvalue weighted by Gasteiger charge is -2.62. The molecular formula is C16H28N4S. The van der Waals surface area contributed by atoms with Crippen LogP contribution in [0, 0.1) is 5.41 Å². The van der Waals surface area contributed by atoms with E-state index < -0.39 is 0 Å². The van der Waals surface area contributed by atoms with Gasteiger partial charge in [0, 0.05) is 35.8 Å². The van der Waals surface area contributed by atoms with E-state index in [2.05, 4.69) is 67.1 Å². The van der Waals surface area contributed by atoms with Crippen LogP contribution in [-0.2, 0) is 6.54 Å². The Labute approximate surface area is 132 Å². The second-order valence-corrected chi connectivity index (χ2v) is 8.15. The fraction of sp³-hybridized carbons (Fsp3) is 0.750. The van der Waals surface area contributed by atoms with Gasteiger partial charge in [-0.2, -0.15) is 0 Å². The number of guanidine groups is 1. The van der Waals surface area contributed by atoms with Crippen LogP contribution in [0.15, 0.2) is 10.4 Å². The van der Waals surface area contributed by atoms with Gasteiger partial charge >= 0.3 is 0 Å². The van der Waals surface area contributed by atoms with Gasteiger partial charge in [0.1, 0.15) is 0 Å². The normalized spacial score (nSPS) is 20.6. The molecule has 0 aliphatic carbocycles. The maximum Gasteiger partial charge on any atom is 0.194 e. The Hall–Kier alpha value is -1.10. The maximum atomic E-state index is 4.67. The second-order valence-electron chi connectivity index (χ2n) is 7.26. The summed E-state index contributed by atoms with van der Waals surface area (Å²) in [5.74, 6) is 1.47. The van der Waals surface area contributed by atoms with Gasteiger partial charge in [0.25, 0.3) is 0 Å². The van der Waals surface area contributed by atoms with Gasteiger partial charge in [-0.15, -0.1) is 11.3 Å². The first-order chi connectivity index (χ1) is 9.69. The van der Waals surface area contributed by atoms with Crippen LogP contribution in [0.1, 0.15) is 58.2 Å². The van der Waals surface area contributed by atoms with E-state index >= 15 is 0 Å². The molecule has 2 heterocycles. The van der Waals surface area contributed by atoms with E-state index in [9.17, 15) is 0 Å². The van der Waals surface area contributed by atoms with Crippen LogP contribution in [0.2, 0.25) is 0 Å². The lowest BCUT2D eigenvalue weighted by Crippen LogP contribution is -2.72. The summed E-state index contributed by atoms with van der Waals surface area (Å²) in [7, 11) is 1.85. The Balaban J connectivity index is 1.98. The van der Waals surface area contributed by atoms with E-state index in [0.29, 0.717) is 11.3 Å². The molecule has 118 valence electrons. The third kappa shape index (κ3) is 2.93. The van der Waals surface area contributed by atoms with Crippen molar-refractivity contribution >= 4 is 17.3 Å². The van der Waals surface area contributed by atoms with E-state index in [1.54, 1.807) is 11.3 Å². The number of nitrogens with one attached hydrogen (secondary N) is 1. The third-order valence-electron chi connectivity index (χ3n) is 4.84. The van der Waals surface area contributed by atoms with Gasteiger partial charge in [-0.3, -0.25) is 4.99 Å². The van der Waals surface area contributed by atoms with Gasteiger partial charge in [-0.05, 0) is 13.8 Å². The van der Waals surface area contributed by atoms with Crippen LogP contribution in [-0.4, -0.2) is 35.0 Å². The largest absolute Gasteiger partial charge is 0.351 e. The van der Waals surface area contributed by atoms with Gasteiger partial charge in [0.15, 0.2) is 5.96 Å². The van der Waals surface area contributed by atoms with Crippen molar-refractivity contribution in [3.8, 4) is 0 Å². The Kier molecular flexibility index (Phi) is 4.34. The molecule has 0 aromatic carbocycles. The molecule has 1 saturated heterocycles. The maximum absolute atomic E-state index is 4.67. The minimum Gasteiger partial charge on any atom is -0.351 e. The topological polar surface area (TPSA) is 40.5 Å². The molecule has 0 saturated carbocycles. The van der Waals surface area contributed by atoms with E-state index in [0.717, 1.165) is 24.7 Å². The highest BCUT2D eigenvalue weighted by Crippen LogP contribution is 2.46. The molecule has 2 rings (SSSR count). The van der Waals surface area contributed by atoms with Gasteiger partial charge in [0.05, 0.1) is 17.2 Å². The van der Waals surface area contributed by atoms with Gasteiger partial charge in [-0.1, -0.05) is 27.7 Å². The van der Waals surface area contributed by atoms with Gasteiger partial charge in [0.2, 0.25) is 0 Å². The van der Waals surface area contributed by atoms with Gasteiger partial charge < -0.3 is 10.2 Å². The number of hydrogen-bond acceptors (Lipinski definition) is 3. The standard InChI is InChI=1S/C16H28N4S/c1-11(2)13-19-12(9-21-13)8-18-14(17-7)20-10-15(3,4)16(20,5)6/h9,11H,8,10H2,1-7H3,(H,17,18). The number of aromatic nitrogens is 1. The van der Waals surface area contributed by atoms with Crippen molar-refractivity contribution in [2.45, 2.75) is 59.5 Å². The van der Waals surface area contributed by atoms with Crippen LogP contribution in [0.3, 0.4) is 0 Å². The molecule has 0 atom stereocenters. The summed E-state index contributed by atoms with van der Waals surface area (Å²) in [6.45, 7) is 15.3. The molecule has 1 aliphatic rings. The molecule has 1 N–H and O–H groups in total. The van der Waals surface area contributed by atoms with E-state index in [-0.39, 0.29) is 5.54 Å². The number of aliphatic imine (C=N–C) groups is 1. The summed E-state index contributed by atoms with van der Waals surface area (Å²) in [6.07, 6.45) is 0. The predicted octanol–water partition coefficient (Wildman–Crippen LogP) is 3.46. The van der Waals surface area contributed by atoms with Crippen molar-refractivity contribution in [2.24, 2.45) is 10.4 Å². The predicted molar refractivity (Wildman–Crippen MR) is 91.0 cm³/mol. The summed E-state index contributed by atoms with van der Waals surface area (Å²) < 4.78 is 0. The summed E-state index contributed by atoms with van der Waals surface area (Å²) in [5, 5.41) is 6.79. The number of thiazole rings is 1. The molecule has 1 aromatic rings. The number of nitrogens with zero attached hydrogens (tertiary/aromatic N) is 3. The fourth-order valence-corrected chi connectivity index (χ4v) is 3.37. The molecule has 1 fully saturated rings. The highest BCUT2D eigenvalue weighted by molar-refractivity contribution is 7.09. The zero-order valence-electron chi connectivity index (χ0n) is 14.3. The second kappa shape index (κ2) is 5.59. The zero-order chi connectivity index (χ0) is 15.8. The van der Waals surface area contributed by atoms with E-state index in [4.69, 9.17) is 0 Å². The van der Waals surface area contributed by atoms with Crippen LogP contribution in [0.25, 0.3) is 0 Å². The Morgan fingerprint density at radius 2 is 2.10 bits per heavy atom. The minimum atomic E-state index is 0.125. The van der Waals surface area contributed by atoms with E-state index in [1.807, 2.05) is 7.05 Å². The SMILES string of the molecule is CN=C(NCc1csc(C(C)C)n1)N1CC(C)(C)C1(C)C. The fourth-order valence-electron chi connectivity index (χ4n) is 2.53. The average Bonchev–Trinajstić information content (AvgIpc) is 2.87. The van der Waals surface area contributed by atoms with Crippen molar-refractivity contribution in [1.29, 1.82) is 0 Å². The summed E-state index contributed by atoms with van der Waals surface area (Å²) in [4.78, 5) is 11.5. The lowest BCUT2D eigenvalue weighted by atomic mass is 9.65. The molecular weight excluding hydrogens is 280 g/mol. The van der Waals surface area contributed by atoms with Crippen molar-refractivity contribution in [3.05, 3.63) is 16.1 Å². The Morgan fingerprint density at radius 3 is 2.52 bits per heavy atom. The van der Waals surface area contributed by atoms with Crippen molar-refractivity contribution < 1.29 is 0 Å². The molecule has 21 heavy (non-hydrogen) atoms.